The van der Waals surface area contributed by atoms with E-state index >= 15 is 0 Å². The summed E-state index contributed by atoms with van der Waals surface area (Å²) in [6.07, 6.45) is -0.493. The fourth-order valence-electron chi connectivity index (χ4n) is 1.29. The molecule has 0 saturated heterocycles. The molecule has 1 aliphatic carbocycles. The Labute approximate surface area is 81.8 Å². The highest BCUT2D eigenvalue weighted by molar-refractivity contribution is 6.11. The normalized spacial score (nSPS) is 25.1. The lowest BCUT2D eigenvalue weighted by molar-refractivity contribution is -0.124. The predicted molar refractivity (Wildman–Crippen MR) is 49.3 cm³/mol. The molecule has 1 fully saturated rings. The largest absolute Gasteiger partial charge is 0.448 e. The molecule has 14 heavy (non-hydrogen) atoms. The van der Waals surface area contributed by atoms with Crippen molar-refractivity contribution in [3.63, 3.8) is 0 Å². The number of Topliss-reactive ketones (excluding diaryl/α,β-unsaturated/α-hetero) is 1. The fourth-order valence-corrected chi connectivity index (χ4v) is 1.29. The van der Waals surface area contributed by atoms with E-state index < -0.39 is 12.2 Å². The van der Waals surface area contributed by atoms with Crippen molar-refractivity contribution < 1.29 is 19.4 Å². The second-order valence-corrected chi connectivity index (χ2v) is 3.02. The monoisotopic (exact) mass is 199 g/mol. The molecule has 5 nitrogen and oxygen atoms in total. The lowest BCUT2D eigenvalue weighted by atomic mass is 9.94. The molecule has 0 aliphatic heterocycles. The minimum atomic E-state index is -1.21. The third kappa shape index (κ3) is 2.63. The molecule has 1 N–H and O–H groups in total. The van der Waals surface area contributed by atoms with Crippen molar-refractivity contribution in [3.8, 4) is 0 Å². The maximum atomic E-state index is 11.1. The van der Waals surface area contributed by atoms with Gasteiger partial charge in [0, 0.05) is 6.42 Å². The number of ketones is 1. The third-order valence-electron chi connectivity index (χ3n) is 1.98. The van der Waals surface area contributed by atoms with Crippen molar-refractivity contribution in [2.75, 3.05) is 6.61 Å². The van der Waals surface area contributed by atoms with Crippen molar-refractivity contribution in [1.29, 1.82) is 0 Å². The Bertz CT molecular complexity index is 272. The summed E-state index contributed by atoms with van der Waals surface area (Å²) in [6, 6.07) is 0. The molecular formula is C9H13NO4. The minimum Gasteiger partial charge on any atom is -0.448 e. The van der Waals surface area contributed by atoms with Gasteiger partial charge in [0.25, 0.3) is 0 Å². The van der Waals surface area contributed by atoms with Crippen LogP contribution < -0.4 is 0 Å². The van der Waals surface area contributed by atoms with E-state index in [-0.39, 0.29) is 18.1 Å². The van der Waals surface area contributed by atoms with Gasteiger partial charge in [0.05, 0.1) is 12.3 Å². The van der Waals surface area contributed by atoms with E-state index in [1.165, 1.54) is 0 Å². The number of hydrogen-bond donors (Lipinski definition) is 1. The molecule has 0 aromatic carbocycles. The second kappa shape index (κ2) is 4.85. The summed E-state index contributed by atoms with van der Waals surface area (Å²) in [5.74, 6) is -0.278. The number of aliphatic hydroxyl groups is 1. The number of nitrogens with zero attached hydrogens (tertiary/aromatic N) is 1. The summed E-state index contributed by atoms with van der Waals surface area (Å²) in [5, 5.41) is 9.37. The van der Waals surface area contributed by atoms with Gasteiger partial charge in [-0.3, -0.25) is 4.79 Å². The van der Waals surface area contributed by atoms with Crippen LogP contribution in [0.3, 0.4) is 0 Å². The summed E-state index contributed by atoms with van der Waals surface area (Å²) in [7, 11) is 0. The maximum Gasteiger partial charge on any atom is 0.433 e. The summed E-state index contributed by atoms with van der Waals surface area (Å²) in [4.78, 5) is 25.5. The second-order valence-electron chi connectivity index (χ2n) is 3.02. The van der Waals surface area contributed by atoms with Gasteiger partial charge in [-0.1, -0.05) is 0 Å². The van der Waals surface area contributed by atoms with Gasteiger partial charge in [-0.25, -0.2) is 4.79 Å². The molecule has 1 saturated carbocycles. The zero-order valence-electron chi connectivity index (χ0n) is 8.02. The smallest absolute Gasteiger partial charge is 0.433 e. The number of carbonyl (C=O) groups excluding carboxylic acids is 2. The molecule has 0 bridgehead atoms. The number of aliphatic hydroxyl groups excluding tert-OH is 1. The van der Waals surface area contributed by atoms with Crippen molar-refractivity contribution in [1.82, 2.24) is 0 Å². The Balaban J connectivity index is 2.65. The van der Waals surface area contributed by atoms with Crippen LogP contribution in [0.25, 0.3) is 0 Å². The van der Waals surface area contributed by atoms with E-state index in [0.717, 1.165) is 0 Å². The lowest BCUT2D eigenvalue weighted by Crippen LogP contribution is -2.34. The molecule has 1 rings (SSSR count). The van der Waals surface area contributed by atoms with Crippen LogP contribution in [0.4, 0.5) is 4.79 Å². The molecular weight excluding hydrogens is 186 g/mol. The Morgan fingerprint density at radius 3 is 3.00 bits per heavy atom. The zero-order valence-corrected chi connectivity index (χ0v) is 8.02. The number of ether oxygens (including phenoxy) is 1. The number of hydrogen-bond acceptors (Lipinski definition) is 4. The molecule has 0 radical (unpaired) electrons. The van der Waals surface area contributed by atoms with Gasteiger partial charge < -0.3 is 9.84 Å². The van der Waals surface area contributed by atoms with Gasteiger partial charge in [0.1, 0.15) is 0 Å². The van der Waals surface area contributed by atoms with Gasteiger partial charge in [-0.2, -0.15) is 4.99 Å². The van der Waals surface area contributed by atoms with Crippen LogP contribution in [0.5, 0.6) is 0 Å². The van der Waals surface area contributed by atoms with E-state index in [2.05, 4.69) is 9.73 Å². The van der Waals surface area contributed by atoms with Gasteiger partial charge >= 0.3 is 6.09 Å². The van der Waals surface area contributed by atoms with Crippen LogP contribution in [0.2, 0.25) is 0 Å². The first kappa shape index (κ1) is 10.8. The first-order chi connectivity index (χ1) is 6.65. The Kier molecular flexibility index (Phi) is 3.76. The maximum absolute atomic E-state index is 11.1. The van der Waals surface area contributed by atoms with Gasteiger partial charge in [0.15, 0.2) is 11.9 Å². The van der Waals surface area contributed by atoms with Gasteiger partial charge in [-0.05, 0) is 19.8 Å². The van der Waals surface area contributed by atoms with Crippen LogP contribution >= 0.6 is 0 Å². The molecule has 1 unspecified atom stereocenters. The molecule has 0 heterocycles. The summed E-state index contributed by atoms with van der Waals surface area (Å²) < 4.78 is 4.58. The Morgan fingerprint density at radius 1 is 1.64 bits per heavy atom. The van der Waals surface area contributed by atoms with Crippen LogP contribution in [0.15, 0.2) is 4.99 Å². The van der Waals surface area contributed by atoms with Crippen molar-refractivity contribution >= 4 is 17.6 Å². The highest BCUT2D eigenvalue weighted by Crippen LogP contribution is 2.13. The summed E-state index contributed by atoms with van der Waals surface area (Å²) >= 11 is 0. The summed E-state index contributed by atoms with van der Waals surface area (Å²) in [6.45, 7) is 1.90. The molecule has 1 aliphatic rings. The van der Waals surface area contributed by atoms with E-state index in [1.54, 1.807) is 6.92 Å². The topological polar surface area (TPSA) is 76.0 Å². The highest BCUT2D eigenvalue weighted by Gasteiger charge is 2.26. The van der Waals surface area contributed by atoms with Gasteiger partial charge in [-0.15, -0.1) is 0 Å². The van der Waals surface area contributed by atoms with E-state index in [4.69, 9.17) is 0 Å². The fraction of sp³-hybridized carbons (Fsp3) is 0.667. The van der Waals surface area contributed by atoms with E-state index in [9.17, 15) is 14.7 Å². The molecule has 0 spiro atoms. The van der Waals surface area contributed by atoms with Crippen LogP contribution in [0, 0.1) is 0 Å². The highest BCUT2D eigenvalue weighted by atomic mass is 16.5. The quantitative estimate of drug-likeness (QED) is 0.674. The van der Waals surface area contributed by atoms with Crippen molar-refractivity contribution in [3.05, 3.63) is 0 Å². The number of amides is 1. The molecule has 1 amide bonds. The summed E-state index contributed by atoms with van der Waals surface area (Å²) in [5.41, 5.74) is 0.222. The molecule has 5 heteroatoms. The number of carbonyl (C=O) groups is 2. The Hall–Kier alpha value is -1.23. The average molecular weight is 199 g/mol. The van der Waals surface area contributed by atoms with E-state index in [1.807, 2.05) is 0 Å². The van der Waals surface area contributed by atoms with Crippen molar-refractivity contribution in [2.45, 2.75) is 32.3 Å². The lowest BCUT2D eigenvalue weighted by Gasteiger charge is -2.17. The number of aliphatic imine (C=N–C) groups is 1. The number of rotatable bonds is 1. The predicted octanol–water partition coefficient (Wildman–Crippen LogP) is 0.698. The van der Waals surface area contributed by atoms with Crippen molar-refractivity contribution in [2.24, 2.45) is 4.99 Å². The average Bonchev–Trinajstić information content (AvgIpc) is 2.13. The third-order valence-corrected chi connectivity index (χ3v) is 1.98. The van der Waals surface area contributed by atoms with Crippen LogP contribution in [-0.4, -0.2) is 35.4 Å². The van der Waals surface area contributed by atoms with Crippen LogP contribution in [0.1, 0.15) is 26.2 Å². The molecule has 0 aromatic heterocycles. The first-order valence-electron chi connectivity index (χ1n) is 4.60. The van der Waals surface area contributed by atoms with Crippen LogP contribution in [-0.2, 0) is 9.53 Å². The molecule has 1 atom stereocenters. The van der Waals surface area contributed by atoms with Gasteiger partial charge in [0.2, 0.25) is 0 Å². The standard InChI is InChI=1S/C9H13NO4/c1-2-14-9(13)10-6-4-3-5-7(11)8(6)12/h8,12H,2-5H2,1H3/b10-6-. The minimum absolute atomic E-state index is 0.222. The zero-order chi connectivity index (χ0) is 10.6. The first-order valence-corrected chi connectivity index (χ1v) is 4.60. The molecule has 78 valence electrons. The van der Waals surface area contributed by atoms with E-state index in [0.29, 0.717) is 19.3 Å². The Morgan fingerprint density at radius 2 is 2.36 bits per heavy atom. The SMILES string of the molecule is CCOC(=O)/N=C1/CCCC(=O)C1O. The molecule has 0 aromatic rings.